The third kappa shape index (κ3) is 4.56. The van der Waals surface area contributed by atoms with Gasteiger partial charge in [0.1, 0.15) is 0 Å². The smallest absolute Gasteiger partial charge is 0.241 e. The van der Waals surface area contributed by atoms with Gasteiger partial charge in [0.05, 0.1) is 6.04 Å². The number of rotatable bonds is 4. The zero-order chi connectivity index (χ0) is 15.2. The van der Waals surface area contributed by atoms with Crippen LogP contribution in [-0.4, -0.2) is 24.4 Å². The highest BCUT2D eigenvalue weighted by atomic mass is 16.2. The molecule has 0 aliphatic carbocycles. The number of amides is 2. The van der Waals surface area contributed by atoms with Gasteiger partial charge in [-0.25, -0.2) is 0 Å². The first-order valence-electron chi connectivity index (χ1n) is 7.52. The van der Waals surface area contributed by atoms with Crippen molar-refractivity contribution in [2.24, 2.45) is 5.92 Å². The summed E-state index contributed by atoms with van der Waals surface area (Å²) in [5.74, 6) is 0.563. The first kappa shape index (κ1) is 15.5. The Morgan fingerprint density at radius 3 is 2.38 bits per heavy atom. The van der Waals surface area contributed by atoms with E-state index in [1.54, 1.807) is 24.3 Å². The minimum absolute atomic E-state index is 0.00638. The summed E-state index contributed by atoms with van der Waals surface area (Å²) in [5.41, 5.74) is 1.48. The van der Waals surface area contributed by atoms with Crippen LogP contribution in [0.5, 0.6) is 0 Å². The van der Waals surface area contributed by atoms with E-state index in [1.807, 2.05) is 6.92 Å². The van der Waals surface area contributed by atoms with Crippen LogP contribution in [0.2, 0.25) is 0 Å². The van der Waals surface area contributed by atoms with Crippen molar-refractivity contribution in [1.29, 1.82) is 0 Å². The second-order valence-corrected chi connectivity index (χ2v) is 5.60. The molecular weight excluding hydrogens is 266 g/mol. The van der Waals surface area contributed by atoms with E-state index >= 15 is 0 Å². The molecule has 0 spiro atoms. The van der Waals surface area contributed by atoms with Crippen molar-refractivity contribution in [3.63, 3.8) is 0 Å². The van der Waals surface area contributed by atoms with Crippen LogP contribution in [0.25, 0.3) is 0 Å². The Morgan fingerprint density at radius 1 is 1.19 bits per heavy atom. The molecule has 1 aromatic rings. The predicted molar refractivity (Wildman–Crippen MR) is 84.2 cm³/mol. The molecule has 1 aromatic carbocycles. The molecule has 0 aromatic heterocycles. The first-order chi connectivity index (χ1) is 10.1. The fraction of sp³-hybridized carbons (Fsp3) is 0.500. The number of benzene rings is 1. The summed E-state index contributed by atoms with van der Waals surface area (Å²) >= 11 is 0. The van der Waals surface area contributed by atoms with Crippen molar-refractivity contribution in [2.45, 2.75) is 39.2 Å². The number of hydrogen-bond acceptors (Lipinski definition) is 3. The van der Waals surface area contributed by atoms with Gasteiger partial charge in [0.2, 0.25) is 11.8 Å². The van der Waals surface area contributed by atoms with Crippen LogP contribution in [0, 0.1) is 5.92 Å². The molecule has 5 nitrogen and oxygen atoms in total. The maximum atomic E-state index is 12.2. The summed E-state index contributed by atoms with van der Waals surface area (Å²) in [6.45, 7) is 4.87. The first-order valence-corrected chi connectivity index (χ1v) is 7.52. The molecule has 2 unspecified atom stereocenters. The summed E-state index contributed by atoms with van der Waals surface area (Å²) < 4.78 is 0. The van der Waals surface area contributed by atoms with Crippen molar-refractivity contribution in [2.75, 3.05) is 17.2 Å². The average Bonchev–Trinajstić information content (AvgIpc) is 2.49. The molecule has 21 heavy (non-hydrogen) atoms. The molecule has 1 fully saturated rings. The number of anilines is 2. The maximum Gasteiger partial charge on any atom is 0.241 e. The summed E-state index contributed by atoms with van der Waals surface area (Å²) in [6.07, 6.45) is 2.44. The van der Waals surface area contributed by atoms with Crippen LogP contribution in [-0.2, 0) is 9.59 Å². The van der Waals surface area contributed by atoms with Gasteiger partial charge in [0.25, 0.3) is 0 Å². The molecule has 0 bridgehead atoms. The Balaban J connectivity index is 1.90. The minimum Gasteiger partial charge on any atom is -0.326 e. The van der Waals surface area contributed by atoms with Gasteiger partial charge in [-0.2, -0.15) is 0 Å². The van der Waals surface area contributed by atoms with Crippen LogP contribution in [0.4, 0.5) is 11.4 Å². The van der Waals surface area contributed by atoms with Crippen molar-refractivity contribution in [3.05, 3.63) is 24.3 Å². The second-order valence-electron chi connectivity index (χ2n) is 5.60. The number of piperidine rings is 1. The van der Waals surface area contributed by atoms with Crippen molar-refractivity contribution < 1.29 is 9.59 Å². The van der Waals surface area contributed by atoms with Crippen LogP contribution in [0.15, 0.2) is 24.3 Å². The van der Waals surface area contributed by atoms with Gasteiger partial charge in [0.15, 0.2) is 0 Å². The minimum atomic E-state index is -0.117. The normalized spacial score (nSPS) is 21.6. The lowest BCUT2D eigenvalue weighted by Gasteiger charge is -2.27. The van der Waals surface area contributed by atoms with Crippen LogP contribution >= 0.6 is 0 Å². The zero-order valence-electron chi connectivity index (χ0n) is 12.6. The molecule has 1 heterocycles. The van der Waals surface area contributed by atoms with Gasteiger partial charge in [-0.3, -0.25) is 9.59 Å². The summed E-state index contributed by atoms with van der Waals surface area (Å²) in [5, 5.41) is 8.94. The van der Waals surface area contributed by atoms with Gasteiger partial charge >= 0.3 is 0 Å². The van der Waals surface area contributed by atoms with E-state index in [9.17, 15) is 9.59 Å². The van der Waals surface area contributed by atoms with Crippen molar-refractivity contribution >= 4 is 23.2 Å². The molecule has 0 saturated carbocycles. The molecule has 5 heteroatoms. The van der Waals surface area contributed by atoms with Gasteiger partial charge in [-0.1, -0.05) is 13.8 Å². The Bertz CT molecular complexity index is 499. The lowest BCUT2D eigenvalue weighted by atomic mass is 9.94. The average molecular weight is 289 g/mol. The van der Waals surface area contributed by atoms with E-state index in [-0.39, 0.29) is 17.9 Å². The lowest BCUT2D eigenvalue weighted by molar-refractivity contribution is -0.119. The highest BCUT2D eigenvalue weighted by molar-refractivity contribution is 5.95. The Kier molecular flexibility index (Phi) is 5.33. The topological polar surface area (TPSA) is 70.2 Å². The van der Waals surface area contributed by atoms with E-state index in [0.29, 0.717) is 12.3 Å². The molecule has 2 atom stereocenters. The molecule has 2 amide bonds. The van der Waals surface area contributed by atoms with E-state index in [1.165, 1.54) is 0 Å². The van der Waals surface area contributed by atoms with Crippen LogP contribution < -0.4 is 16.0 Å². The monoisotopic (exact) mass is 289 g/mol. The highest BCUT2D eigenvalue weighted by Crippen LogP contribution is 2.18. The van der Waals surface area contributed by atoms with Crippen LogP contribution in [0.1, 0.15) is 33.1 Å². The van der Waals surface area contributed by atoms with Crippen molar-refractivity contribution in [1.82, 2.24) is 5.32 Å². The molecule has 114 valence electrons. The Morgan fingerprint density at radius 2 is 1.81 bits per heavy atom. The molecule has 2 rings (SSSR count). The number of nitrogens with one attached hydrogen (secondary N) is 3. The third-order valence-corrected chi connectivity index (χ3v) is 3.74. The standard InChI is InChI=1S/C16H23N3O2/c1-3-15(20)18-12-4-6-13(7-5-12)19-16(21)14-10-11(2)8-9-17-14/h4-7,11,14,17H,3,8-10H2,1-2H3,(H,18,20)(H,19,21). The third-order valence-electron chi connectivity index (χ3n) is 3.74. The largest absolute Gasteiger partial charge is 0.326 e. The van der Waals surface area contributed by atoms with E-state index in [0.717, 1.165) is 30.8 Å². The highest BCUT2D eigenvalue weighted by Gasteiger charge is 2.24. The second kappa shape index (κ2) is 7.22. The van der Waals surface area contributed by atoms with Gasteiger partial charge in [-0.15, -0.1) is 0 Å². The summed E-state index contributed by atoms with van der Waals surface area (Å²) in [4.78, 5) is 23.5. The van der Waals surface area contributed by atoms with Gasteiger partial charge < -0.3 is 16.0 Å². The Hall–Kier alpha value is -1.88. The van der Waals surface area contributed by atoms with Gasteiger partial charge in [-0.05, 0) is 49.6 Å². The Labute approximate surface area is 125 Å². The van der Waals surface area contributed by atoms with Gasteiger partial charge in [0, 0.05) is 17.8 Å². The van der Waals surface area contributed by atoms with E-state index in [4.69, 9.17) is 0 Å². The van der Waals surface area contributed by atoms with Crippen molar-refractivity contribution in [3.8, 4) is 0 Å². The zero-order valence-corrected chi connectivity index (χ0v) is 12.6. The van der Waals surface area contributed by atoms with E-state index in [2.05, 4.69) is 22.9 Å². The molecule has 1 saturated heterocycles. The predicted octanol–water partition coefficient (Wildman–Crippen LogP) is 2.36. The quantitative estimate of drug-likeness (QED) is 0.797. The summed E-state index contributed by atoms with van der Waals surface area (Å²) in [7, 11) is 0. The summed E-state index contributed by atoms with van der Waals surface area (Å²) in [6, 6.07) is 7.07. The molecular formula is C16H23N3O2. The fourth-order valence-electron chi connectivity index (χ4n) is 2.42. The lowest BCUT2D eigenvalue weighted by Crippen LogP contribution is -2.45. The van der Waals surface area contributed by atoms with E-state index < -0.39 is 0 Å². The number of hydrogen-bond donors (Lipinski definition) is 3. The molecule has 1 aliphatic rings. The SMILES string of the molecule is CCC(=O)Nc1ccc(NC(=O)C2CC(C)CCN2)cc1. The number of carbonyl (C=O) groups excluding carboxylic acids is 2. The fourth-order valence-corrected chi connectivity index (χ4v) is 2.42. The molecule has 3 N–H and O–H groups in total. The maximum absolute atomic E-state index is 12.2. The number of carbonyl (C=O) groups is 2. The molecule has 0 radical (unpaired) electrons. The molecule has 1 aliphatic heterocycles. The van der Waals surface area contributed by atoms with Crippen LogP contribution in [0.3, 0.4) is 0 Å².